The van der Waals surface area contributed by atoms with Crippen LogP contribution >= 0.6 is 0 Å². The van der Waals surface area contributed by atoms with Crippen molar-refractivity contribution in [1.82, 2.24) is 9.88 Å². The summed E-state index contributed by atoms with van der Waals surface area (Å²) in [6.07, 6.45) is 3.85. The van der Waals surface area contributed by atoms with E-state index in [0.717, 1.165) is 31.6 Å². The number of hydrogen-bond acceptors (Lipinski definition) is 3. The highest BCUT2D eigenvalue weighted by Gasteiger charge is 2.23. The first kappa shape index (κ1) is 13.5. The quantitative estimate of drug-likeness (QED) is 0.893. The zero-order chi connectivity index (χ0) is 13.1. The molecule has 2 atom stereocenters. The van der Waals surface area contributed by atoms with E-state index in [4.69, 9.17) is 0 Å². The van der Waals surface area contributed by atoms with E-state index in [1.54, 1.807) is 0 Å². The van der Waals surface area contributed by atoms with Gasteiger partial charge in [-0.3, -0.25) is 9.88 Å². The van der Waals surface area contributed by atoms with Gasteiger partial charge in [-0.15, -0.1) is 0 Å². The van der Waals surface area contributed by atoms with Crippen LogP contribution in [0.4, 0.5) is 0 Å². The zero-order valence-electron chi connectivity index (χ0n) is 11.6. The molecule has 0 radical (unpaired) electrons. The number of aromatic nitrogens is 1. The molecular formula is C15H24N2O. The van der Waals surface area contributed by atoms with Crippen LogP contribution in [-0.2, 0) is 0 Å². The molecule has 1 aliphatic heterocycles. The monoisotopic (exact) mass is 248 g/mol. The molecule has 0 saturated carbocycles. The lowest BCUT2D eigenvalue weighted by Crippen LogP contribution is -2.39. The van der Waals surface area contributed by atoms with Crippen molar-refractivity contribution in [2.75, 3.05) is 13.1 Å². The highest BCUT2D eigenvalue weighted by atomic mass is 16.3. The van der Waals surface area contributed by atoms with Gasteiger partial charge in [0.15, 0.2) is 0 Å². The fraction of sp³-hybridized carbons (Fsp3) is 0.667. The van der Waals surface area contributed by atoms with Gasteiger partial charge in [0.2, 0.25) is 0 Å². The first-order valence-corrected chi connectivity index (χ1v) is 6.96. The molecule has 100 valence electrons. The SMILES string of the molecule is CC(C)c1ccc(C(C)N2CCC[C@H](O)C2)cn1. The van der Waals surface area contributed by atoms with E-state index in [1.807, 2.05) is 6.20 Å². The average Bonchev–Trinajstić information content (AvgIpc) is 2.38. The van der Waals surface area contributed by atoms with Crippen molar-refractivity contribution in [2.45, 2.75) is 51.7 Å². The van der Waals surface area contributed by atoms with E-state index in [0.29, 0.717) is 12.0 Å². The molecule has 0 amide bonds. The number of pyridine rings is 1. The molecule has 1 saturated heterocycles. The summed E-state index contributed by atoms with van der Waals surface area (Å²) in [6, 6.07) is 4.64. The highest BCUT2D eigenvalue weighted by Crippen LogP contribution is 2.24. The number of rotatable bonds is 3. The molecule has 18 heavy (non-hydrogen) atoms. The van der Waals surface area contributed by atoms with E-state index in [9.17, 15) is 5.11 Å². The maximum atomic E-state index is 9.73. The summed E-state index contributed by atoms with van der Waals surface area (Å²) in [4.78, 5) is 6.87. The van der Waals surface area contributed by atoms with Crippen LogP contribution in [0.2, 0.25) is 0 Å². The average molecular weight is 248 g/mol. The predicted octanol–water partition coefficient (Wildman–Crippen LogP) is 2.72. The summed E-state index contributed by atoms with van der Waals surface area (Å²) in [5.74, 6) is 0.478. The minimum atomic E-state index is -0.163. The number of nitrogens with zero attached hydrogens (tertiary/aromatic N) is 2. The molecule has 0 aliphatic carbocycles. The molecule has 0 spiro atoms. The Morgan fingerprint density at radius 2 is 2.11 bits per heavy atom. The van der Waals surface area contributed by atoms with Gasteiger partial charge < -0.3 is 5.11 Å². The first-order valence-electron chi connectivity index (χ1n) is 6.96. The smallest absolute Gasteiger partial charge is 0.0667 e. The van der Waals surface area contributed by atoms with Crippen LogP contribution in [0.25, 0.3) is 0 Å². The van der Waals surface area contributed by atoms with Crippen molar-refractivity contribution in [3.8, 4) is 0 Å². The molecule has 1 N–H and O–H groups in total. The van der Waals surface area contributed by atoms with E-state index < -0.39 is 0 Å². The first-order chi connectivity index (χ1) is 8.58. The van der Waals surface area contributed by atoms with Gasteiger partial charge in [0.1, 0.15) is 0 Å². The minimum absolute atomic E-state index is 0.163. The molecule has 0 bridgehead atoms. The summed E-state index contributed by atoms with van der Waals surface area (Å²) in [5.41, 5.74) is 2.39. The Morgan fingerprint density at radius 1 is 1.33 bits per heavy atom. The van der Waals surface area contributed by atoms with Crippen molar-refractivity contribution < 1.29 is 5.11 Å². The van der Waals surface area contributed by atoms with Gasteiger partial charge in [-0.1, -0.05) is 19.9 Å². The lowest BCUT2D eigenvalue weighted by Gasteiger charge is -2.35. The van der Waals surface area contributed by atoms with Crippen molar-refractivity contribution in [1.29, 1.82) is 0 Å². The van der Waals surface area contributed by atoms with Crippen LogP contribution in [0.5, 0.6) is 0 Å². The van der Waals surface area contributed by atoms with Crippen molar-refractivity contribution in [3.63, 3.8) is 0 Å². The second kappa shape index (κ2) is 5.81. The molecule has 2 heterocycles. The van der Waals surface area contributed by atoms with Crippen LogP contribution in [-0.4, -0.2) is 34.2 Å². The van der Waals surface area contributed by atoms with Crippen LogP contribution in [0, 0.1) is 0 Å². The van der Waals surface area contributed by atoms with Gasteiger partial charge in [0.25, 0.3) is 0 Å². The molecule has 1 aliphatic rings. The normalized spacial score (nSPS) is 23.3. The zero-order valence-corrected chi connectivity index (χ0v) is 11.6. The third-order valence-corrected chi connectivity index (χ3v) is 3.86. The Hall–Kier alpha value is -0.930. The third-order valence-electron chi connectivity index (χ3n) is 3.86. The number of aliphatic hydroxyl groups excluding tert-OH is 1. The van der Waals surface area contributed by atoms with Crippen LogP contribution < -0.4 is 0 Å². The Balaban J connectivity index is 2.05. The largest absolute Gasteiger partial charge is 0.392 e. The number of aliphatic hydroxyl groups is 1. The molecule has 1 aromatic heterocycles. The Bertz CT molecular complexity index is 375. The lowest BCUT2D eigenvalue weighted by atomic mass is 10.0. The van der Waals surface area contributed by atoms with Gasteiger partial charge in [-0.2, -0.15) is 0 Å². The third kappa shape index (κ3) is 3.09. The van der Waals surface area contributed by atoms with Gasteiger partial charge in [-0.25, -0.2) is 0 Å². The topological polar surface area (TPSA) is 36.4 Å². The van der Waals surface area contributed by atoms with Gasteiger partial charge in [-0.05, 0) is 43.9 Å². The summed E-state index contributed by atoms with van der Waals surface area (Å²) in [5, 5.41) is 9.73. The van der Waals surface area contributed by atoms with E-state index in [1.165, 1.54) is 5.56 Å². The van der Waals surface area contributed by atoms with Gasteiger partial charge >= 0.3 is 0 Å². The summed E-state index contributed by atoms with van der Waals surface area (Å²) in [6.45, 7) is 8.38. The molecule has 3 heteroatoms. The lowest BCUT2D eigenvalue weighted by molar-refractivity contribution is 0.0503. The van der Waals surface area contributed by atoms with Crippen LogP contribution in [0.15, 0.2) is 18.3 Å². The number of piperidine rings is 1. The van der Waals surface area contributed by atoms with Crippen molar-refractivity contribution in [2.24, 2.45) is 0 Å². The van der Waals surface area contributed by atoms with Gasteiger partial charge in [0.05, 0.1) is 6.10 Å². The number of hydrogen-bond donors (Lipinski definition) is 1. The second-order valence-electron chi connectivity index (χ2n) is 5.64. The summed E-state index contributed by atoms with van der Waals surface area (Å²) >= 11 is 0. The molecule has 0 aromatic carbocycles. The fourth-order valence-corrected chi connectivity index (χ4v) is 2.55. The highest BCUT2D eigenvalue weighted by molar-refractivity contribution is 5.19. The van der Waals surface area contributed by atoms with Gasteiger partial charge in [0, 0.05) is 24.5 Å². The summed E-state index contributed by atoms with van der Waals surface area (Å²) < 4.78 is 0. The van der Waals surface area contributed by atoms with E-state index >= 15 is 0 Å². The standard InChI is InChI=1S/C15H24N2O/c1-11(2)15-7-6-13(9-16-15)12(3)17-8-4-5-14(18)10-17/h6-7,9,11-12,14,18H,4-5,8,10H2,1-3H3/t12?,14-/m0/s1. The Morgan fingerprint density at radius 3 is 2.67 bits per heavy atom. The van der Waals surface area contributed by atoms with Crippen LogP contribution in [0.3, 0.4) is 0 Å². The molecule has 2 rings (SSSR count). The maximum Gasteiger partial charge on any atom is 0.0667 e. The second-order valence-corrected chi connectivity index (χ2v) is 5.64. The Kier molecular flexibility index (Phi) is 4.36. The minimum Gasteiger partial charge on any atom is -0.392 e. The molecule has 3 nitrogen and oxygen atoms in total. The van der Waals surface area contributed by atoms with E-state index in [-0.39, 0.29) is 6.10 Å². The molecule has 1 aromatic rings. The maximum absolute atomic E-state index is 9.73. The Labute approximate surface area is 110 Å². The van der Waals surface area contributed by atoms with E-state index in [2.05, 4.69) is 42.8 Å². The molecule has 1 fully saturated rings. The van der Waals surface area contributed by atoms with Crippen molar-refractivity contribution in [3.05, 3.63) is 29.6 Å². The predicted molar refractivity (Wildman–Crippen MR) is 73.6 cm³/mol. The fourth-order valence-electron chi connectivity index (χ4n) is 2.55. The van der Waals surface area contributed by atoms with Crippen molar-refractivity contribution >= 4 is 0 Å². The number of likely N-dealkylation sites (tertiary alicyclic amines) is 1. The molecule has 1 unspecified atom stereocenters. The number of β-amino-alcohol motifs (C(OH)–C–C–N with tert-alkyl or cyclic N) is 1. The van der Waals surface area contributed by atoms with Crippen LogP contribution in [0.1, 0.15) is 56.8 Å². The molecular weight excluding hydrogens is 224 g/mol. The summed E-state index contributed by atoms with van der Waals surface area (Å²) in [7, 11) is 0.